The van der Waals surface area contributed by atoms with Gasteiger partial charge in [-0.3, -0.25) is 0 Å². The highest BCUT2D eigenvalue weighted by atomic mass is 15.1. The number of hydrogen-bond acceptors (Lipinski definition) is 1. The van der Waals surface area contributed by atoms with Crippen molar-refractivity contribution in [1.29, 1.82) is 0 Å². The van der Waals surface area contributed by atoms with Crippen LogP contribution in [0.5, 0.6) is 0 Å². The smallest absolute Gasteiger partial charge is 0.0714 e. The van der Waals surface area contributed by atoms with Crippen molar-refractivity contribution in [2.24, 2.45) is 0 Å². The predicted molar refractivity (Wildman–Crippen MR) is 227 cm³/mol. The Hall–Kier alpha value is -6.96. The second-order valence-corrected chi connectivity index (χ2v) is 14.1. The predicted octanol–water partition coefficient (Wildman–Crippen LogP) is 14.0. The van der Waals surface area contributed by atoms with E-state index in [1.807, 2.05) is 0 Å². The fraction of sp³-hybridized carbons (Fsp3) is 0.0189. The molecule has 9 aromatic carbocycles. The van der Waals surface area contributed by atoms with Gasteiger partial charge in [-0.05, 0) is 103 Å². The van der Waals surface area contributed by atoms with Crippen LogP contribution in [0, 0.1) is 0 Å². The molecule has 0 aromatic heterocycles. The molecule has 0 spiro atoms. The molecule has 1 aliphatic rings. The van der Waals surface area contributed by atoms with E-state index in [1.54, 1.807) is 0 Å². The number of rotatable bonds is 7. The van der Waals surface area contributed by atoms with Gasteiger partial charge < -0.3 is 4.90 Å². The van der Waals surface area contributed by atoms with Crippen molar-refractivity contribution in [3.05, 3.63) is 247 Å². The van der Waals surface area contributed by atoms with Crippen LogP contribution in [-0.2, 0) is 5.41 Å². The van der Waals surface area contributed by atoms with Crippen LogP contribution >= 0.6 is 0 Å². The van der Waals surface area contributed by atoms with Gasteiger partial charge in [-0.1, -0.05) is 182 Å². The first kappa shape index (κ1) is 31.7. The van der Waals surface area contributed by atoms with E-state index >= 15 is 0 Å². The van der Waals surface area contributed by atoms with Crippen LogP contribution in [0.25, 0.3) is 44.2 Å². The van der Waals surface area contributed by atoms with Gasteiger partial charge >= 0.3 is 0 Å². The standard InChI is InChI=1S/C53H37N/c1-5-18-38(19-6-1)46-28-15-16-29-47(46)39-32-34-45(35-33-39)54(44-26-11-4-12-27-44)51-31-17-30-49-52(51)48-36-40-20-13-14-21-41(40)37-50(48)53(49,42-22-7-2-8-23-42)43-24-9-3-10-25-43/h1-37H. The van der Waals surface area contributed by atoms with Gasteiger partial charge in [-0.2, -0.15) is 0 Å². The highest BCUT2D eigenvalue weighted by molar-refractivity contribution is 6.02. The SMILES string of the molecule is c1ccc(-c2ccccc2-c2ccc(N(c3ccccc3)c3cccc4c3-c3cc5ccccc5cc3C4(c3ccccc3)c3ccccc3)cc2)cc1. The summed E-state index contributed by atoms with van der Waals surface area (Å²) in [5.41, 5.74) is 15.4. The number of hydrogen-bond donors (Lipinski definition) is 0. The fourth-order valence-electron chi connectivity index (χ4n) is 8.79. The van der Waals surface area contributed by atoms with E-state index in [0.717, 1.165) is 17.1 Å². The van der Waals surface area contributed by atoms with Gasteiger partial charge in [-0.15, -0.1) is 0 Å². The van der Waals surface area contributed by atoms with E-state index in [-0.39, 0.29) is 0 Å². The zero-order valence-electron chi connectivity index (χ0n) is 29.8. The van der Waals surface area contributed by atoms with Crippen molar-refractivity contribution >= 4 is 27.8 Å². The van der Waals surface area contributed by atoms with E-state index in [1.165, 1.54) is 66.4 Å². The maximum atomic E-state index is 2.44. The van der Waals surface area contributed by atoms with Crippen LogP contribution in [0.2, 0.25) is 0 Å². The van der Waals surface area contributed by atoms with Gasteiger partial charge in [0, 0.05) is 16.9 Å². The topological polar surface area (TPSA) is 3.24 Å². The van der Waals surface area contributed by atoms with Crippen LogP contribution in [-0.4, -0.2) is 0 Å². The van der Waals surface area contributed by atoms with Crippen LogP contribution in [0.1, 0.15) is 22.3 Å². The van der Waals surface area contributed by atoms with Crippen LogP contribution in [0.15, 0.2) is 224 Å². The Balaban J connectivity index is 1.23. The summed E-state index contributed by atoms with van der Waals surface area (Å²) in [6.07, 6.45) is 0. The monoisotopic (exact) mass is 687 g/mol. The highest BCUT2D eigenvalue weighted by Crippen LogP contribution is 2.60. The third kappa shape index (κ3) is 5.09. The number of anilines is 3. The highest BCUT2D eigenvalue weighted by Gasteiger charge is 2.47. The van der Waals surface area contributed by atoms with Crippen molar-refractivity contribution in [3.63, 3.8) is 0 Å². The summed E-state index contributed by atoms with van der Waals surface area (Å²) in [6.45, 7) is 0. The largest absolute Gasteiger partial charge is 0.310 e. The second kappa shape index (κ2) is 13.2. The molecule has 0 aliphatic heterocycles. The Labute approximate surface area is 317 Å². The number of benzene rings is 9. The molecule has 0 amide bonds. The van der Waals surface area contributed by atoms with Gasteiger partial charge in [0.05, 0.1) is 11.1 Å². The zero-order valence-corrected chi connectivity index (χ0v) is 29.8. The quantitative estimate of drug-likeness (QED) is 0.161. The average Bonchev–Trinajstić information content (AvgIpc) is 3.55. The normalized spacial score (nSPS) is 12.6. The molecule has 9 aromatic rings. The molecule has 10 rings (SSSR count). The molecule has 0 atom stereocenters. The van der Waals surface area contributed by atoms with E-state index < -0.39 is 5.41 Å². The van der Waals surface area contributed by atoms with Gasteiger partial charge in [0.15, 0.2) is 0 Å². The van der Waals surface area contributed by atoms with Crippen molar-refractivity contribution in [2.45, 2.75) is 5.41 Å². The summed E-state index contributed by atoms with van der Waals surface area (Å²) in [6, 6.07) is 82.0. The molecule has 0 bridgehead atoms. The van der Waals surface area contributed by atoms with Gasteiger partial charge in [0.25, 0.3) is 0 Å². The Morgan fingerprint density at radius 3 is 1.41 bits per heavy atom. The number of fused-ring (bicyclic) bond motifs is 4. The zero-order chi connectivity index (χ0) is 35.9. The maximum absolute atomic E-state index is 2.44. The van der Waals surface area contributed by atoms with Crippen molar-refractivity contribution < 1.29 is 0 Å². The minimum absolute atomic E-state index is 0.513. The first-order chi connectivity index (χ1) is 26.8. The molecular formula is C53H37N. The molecule has 0 saturated carbocycles. The van der Waals surface area contributed by atoms with E-state index in [9.17, 15) is 0 Å². The van der Waals surface area contributed by atoms with Gasteiger partial charge in [0.2, 0.25) is 0 Å². The lowest BCUT2D eigenvalue weighted by Gasteiger charge is -2.34. The molecule has 1 aliphatic carbocycles. The minimum atomic E-state index is -0.513. The van der Waals surface area contributed by atoms with Crippen molar-refractivity contribution in [1.82, 2.24) is 0 Å². The Morgan fingerprint density at radius 1 is 0.315 bits per heavy atom. The lowest BCUT2D eigenvalue weighted by atomic mass is 9.67. The molecular weight excluding hydrogens is 651 g/mol. The molecule has 1 nitrogen and oxygen atoms in total. The van der Waals surface area contributed by atoms with Crippen molar-refractivity contribution in [3.8, 4) is 33.4 Å². The second-order valence-electron chi connectivity index (χ2n) is 14.1. The van der Waals surface area contributed by atoms with Crippen LogP contribution < -0.4 is 4.90 Å². The number of para-hydroxylation sites is 1. The molecule has 54 heavy (non-hydrogen) atoms. The van der Waals surface area contributed by atoms with Crippen LogP contribution in [0.4, 0.5) is 17.1 Å². The lowest BCUT2D eigenvalue weighted by molar-refractivity contribution is 0.769. The molecule has 254 valence electrons. The summed E-state index contributed by atoms with van der Waals surface area (Å²) in [7, 11) is 0. The minimum Gasteiger partial charge on any atom is -0.310 e. The Bertz CT molecular complexity index is 2700. The molecule has 0 saturated heterocycles. The maximum Gasteiger partial charge on any atom is 0.0714 e. The molecule has 0 radical (unpaired) electrons. The molecule has 0 N–H and O–H groups in total. The van der Waals surface area contributed by atoms with E-state index in [4.69, 9.17) is 0 Å². The fourth-order valence-corrected chi connectivity index (χ4v) is 8.79. The third-order valence-corrected chi connectivity index (χ3v) is 11.1. The summed E-state index contributed by atoms with van der Waals surface area (Å²) in [4.78, 5) is 2.44. The third-order valence-electron chi connectivity index (χ3n) is 11.1. The summed E-state index contributed by atoms with van der Waals surface area (Å²) in [5, 5.41) is 2.48. The van der Waals surface area contributed by atoms with E-state index in [0.29, 0.717) is 0 Å². The van der Waals surface area contributed by atoms with E-state index in [2.05, 4.69) is 229 Å². The average molecular weight is 688 g/mol. The lowest BCUT2D eigenvalue weighted by Crippen LogP contribution is -2.28. The van der Waals surface area contributed by atoms with Gasteiger partial charge in [-0.25, -0.2) is 0 Å². The number of nitrogens with zero attached hydrogens (tertiary/aromatic N) is 1. The Morgan fingerprint density at radius 2 is 0.796 bits per heavy atom. The van der Waals surface area contributed by atoms with Crippen molar-refractivity contribution in [2.75, 3.05) is 4.90 Å². The first-order valence-corrected chi connectivity index (χ1v) is 18.7. The van der Waals surface area contributed by atoms with Crippen LogP contribution in [0.3, 0.4) is 0 Å². The summed E-state index contributed by atoms with van der Waals surface area (Å²) < 4.78 is 0. The molecule has 0 unspecified atom stereocenters. The molecule has 0 heterocycles. The molecule has 0 fully saturated rings. The Kier molecular flexibility index (Phi) is 7.78. The molecule has 1 heteroatoms. The first-order valence-electron chi connectivity index (χ1n) is 18.7. The summed E-state index contributed by atoms with van der Waals surface area (Å²) >= 11 is 0. The summed E-state index contributed by atoms with van der Waals surface area (Å²) in [5.74, 6) is 0. The van der Waals surface area contributed by atoms with Gasteiger partial charge in [0.1, 0.15) is 0 Å².